The van der Waals surface area contributed by atoms with Crippen molar-refractivity contribution in [3.05, 3.63) is 35.4 Å². The van der Waals surface area contributed by atoms with Gasteiger partial charge in [-0.15, -0.1) is 0 Å². The van der Waals surface area contributed by atoms with E-state index in [9.17, 15) is 4.79 Å². The largest absolute Gasteiger partial charge is 0.389 e. The molecule has 3 N–H and O–H groups in total. The third kappa shape index (κ3) is 3.53. The van der Waals surface area contributed by atoms with Crippen molar-refractivity contribution in [2.75, 3.05) is 0 Å². The zero-order chi connectivity index (χ0) is 13.1. The number of hydrogen-bond donors (Lipinski definition) is 2. The fourth-order valence-electron chi connectivity index (χ4n) is 1.99. The summed E-state index contributed by atoms with van der Waals surface area (Å²) in [6, 6.07) is 7.81. The fraction of sp³-hybridized carbons (Fsp3) is 0.429. The Balaban J connectivity index is 1.88. The maximum Gasteiger partial charge on any atom is 0.224 e. The Morgan fingerprint density at radius 1 is 1.44 bits per heavy atom. The molecule has 2 rings (SSSR count). The van der Waals surface area contributed by atoms with Crippen molar-refractivity contribution >= 4 is 23.1 Å². The van der Waals surface area contributed by atoms with Gasteiger partial charge < -0.3 is 11.1 Å². The summed E-state index contributed by atoms with van der Waals surface area (Å²) in [4.78, 5) is 12.2. The van der Waals surface area contributed by atoms with Crippen LogP contribution in [-0.2, 0) is 11.2 Å². The Morgan fingerprint density at radius 3 is 2.56 bits per heavy atom. The lowest BCUT2D eigenvalue weighted by molar-refractivity contribution is -0.121. The van der Waals surface area contributed by atoms with Gasteiger partial charge in [-0.1, -0.05) is 36.5 Å². The van der Waals surface area contributed by atoms with Crippen LogP contribution in [0.3, 0.4) is 0 Å². The minimum absolute atomic E-state index is 0.0810. The Kier molecular flexibility index (Phi) is 3.97. The van der Waals surface area contributed by atoms with Gasteiger partial charge in [0.25, 0.3) is 0 Å². The minimum atomic E-state index is 0.0810. The van der Waals surface area contributed by atoms with Crippen molar-refractivity contribution in [3.8, 4) is 0 Å². The standard InChI is InChI=1S/C14H18N2OS/c1-9(11-6-7-11)16-13(17)8-10-2-4-12(5-3-10)14(15)18/h2-5,9,11H,6-8H2,1H3,(H2,15,18)(H,16,17). The van der Waals surface area contributed by atoms with E-state index in [2.05, 4.69) is 12.2 Å². The average Bonchev–Trinajstić information content (AvgIpc) is 3.13. The molecule has 18 heavy (non-hydrogen) atoms. The quantitative estimate of drug-likeness (QED) is 0.795. The second kappa shape index (κ2) is 5.48. The lowest BCUT2D eigenvalue weighted by Gasteiger charge is -2.12. The normalized spacial score (nSPS) is 16.1. The van der Waals surface area contributed by atoms with E-state index >= 15 is 0 Å². The number of nitrogens with two attached hydrogens (primary N) is 1. The van der Waals surface area contributed by atoms with Gasteiger partial charge >= 0.3 is 0 Å². The maximum atomic E-state index is 11.8. The van der Waals surface area contributed by atoms with Crippen LogP contribution in [0.5, 0.6) is 0 Å². The van der Waals surface area contributed by atoms with E-state index in [4.69, 9.17) is 18.0 Å². The van der Waals surface area contributed by atoms with Gasteiger partial charge in [0, 0.05) is 11.6 Å². The summed E-state index contributed by atoms with van der Waals surface area (Å²) in [5.41, 5.74) is 7.34. The molecule has 1 amide bonds. The molecule has 0 spiro atoms. The monoisotopic (exact) mass is 262 g/mol. The first kappa shape index (κ1) is 13.0. The Hall–Kier alpha value is -1.42. The van der Waals surface area contributed by atoms with E-state index in [-0.39, 0.29) is 5.91 Å². The van der Waals surface area contributed by atoms with Gasteiger partial charge in [-0.2, -0.15) is 0 Å². The van der Waals surface area contributed by atoms with Gasteiger partial charge in [-0.3, -0.25) is 4.79 Å². The van der Waals surface area contributed by atoms with Crippen LogP contribution in [0.25, 0.3) is 0 Å². The second-order valence-corrected chi connectivity index (χ2v) is 5.37. The van der Waals surface area contributed by atoms with E-state index in [1.165, 1.54) is 12.8 Å². The molecule has 1 aromatic carbocycles. The zero-order valence-corrected chi connectivity index (χ0v) is 11.3. The zero-order valence-electron chi connectivity index (χ0n) is 10.5. The van der Waals surface area contributed by atoms with Crippen LogP contribution in [0.2, 0.25) is 0 Å². The molecule has 96 valence electrons. The topological polar surface area (TPSA) is 55.1 Å². The average molecular weight is 262 g/mol. The highest BCUT2D eigenvalue weighted by Crippen LogP contribution is 2.32. The highest BCUT2D eigenvalue weighted by molar-refractivity contribution is 7.80. The van der Waals surface area contributed by atoms with Crippen LogP contribution in [0.15, 0.2) is 24.3 Å². The molecule has 0 aromatic heterocycles. The smallest absolute Gasteiger partial charge is 0.224 e. The summed E-state index contributed by atoms with van der Waals surface area (Å²) >= 11 is 4.88. The van der Waals surface area contributed by atoms with Crippen LogP contribution in [-0.4, -0.2) is 16.9 Å². The molecule has 0 radical (unpaired) electrons. The van der Waals surface area contributed by atoms with Gasteiger partial charge in [0.15, 0.2) is 0 Å². The fourth-order valence-corrected chi connectivity index (χ4v) is 2.13. The van der Waals surface area contributed by atoms with Gasteiger partial charge in [0.2, 0.25) is 5.91 Å². The molecule has 1 aliphatic carbocycles. The first-order valence-corrected chi connectivity index (χ1v) is 6.65. The lowest BCUT2D eigenvalue weighted by atomic mass is 10.1. The maximum absolute atomic E-state index is 11.8. The Bertz CT molecular complexity index is 451. The Morgan fingerprint density at radius 2 is 2.06 bits per heavy atom. The van der Waals surface area contributed by atoms with Crippen molar-refractivity contribution in [2.24, 2.45) is 11.7 Å². The summed E-state index contributed by atoms with van der Waals surface area (Å²) < 4.78 is 0. The lowest BCUT2D eigenvalue weighted by Crippen LogP contribution is -2.35. The van der Waals surface area contributed by atoms with Crippen LogP contribution < -0.4 is 11.1 Å². The molecule has 1 aromatic rings. The minimum Gasteiger partial charge on any atom is -0.389 e. The predicted molar refractivity (Wildman–Crippen MR) is 76.4 cm³/mol. The van der Waals surface area contributed by atoms with Gasteiger partial charge in [-0.25, -0.2) is 0 Å². The highest BCUT2D eigenvalue weighted by atomic mass is 32.1. The number of hydrogen-bond acceptors (Lipinski definition) is 2. The van der Waals surface area contributed by atoms with E-state index in [0.717, 1.165) is 11.1 Å². The van der Waals surface area contributed by atoms with Crippen LogP contribution >= 0.6 is 12.2 Å². The van der Waals surface area contributed by atoms with Crippen molar-refractivity contribution in [1.29, 1.82) is 0 Å². The molecule has 0 heterocycles. The second-order valence-electron chi connectivity index (χ2n) is 4.93. The number of thiocarbonyl (C=S) groups is 1. The number of carbonyl (C=O) groups excluding carboxylic acids is 1. The molecule has 3 nitrogen and oxygen atoms in total. The summed E-state index contributed by atoms with van der Waals surface area (Å²) in [5.74, 6) is 0.767. The van der Waals surface area contributed by atoms with E-state index < -0.39 is 0 Å². The third-order valence-electron chi connectivity index (χ3n) is 3.32. The van der Waals surface area contributed by atoms with Crippen LogP contribution in [0.1, 0.15) is 30.9 Å². The number of benzene rings is 1. The number of amides is 1. The molecule has 1 fully saturated rings. The summed E-state index contributed by atoms with van der Waals surface area (Å²) in [6.07, 6.45) is 2.89. The highest BCUT2D eigenvalue weighted by Gasteiger charge is 2.28. The first-order valence-electron chi connectivity index (χ1n) is 6.24. The molecule has 1 aliphatic rings. The molecular weight excluding hydrogens is 244 g/mol. The van der Waals surface area contributed by atoms with E-state index in [1.807, 2.05) is 24.3 Å². The Labute approximate surface area is 113 Å². The third-order valence-corrected chi connectivity index (χ3v) is 3.56. The summed E-state index contributed by atoms with van der Waals surface area (Å²) in [7, 11) is 0. The summed E-state index contributed by atoms with van der Waals surface area (Å²) in [5, 5.41) is 3.04. The van der Waals surface area contributed by atoms with E-state index in [0.29, 0.717) is 23.4 Å². The molecule has 1 saturated carbocycles. The predicted octanol–water partition coefficient (Wildman–Crippen LogP) is 1.78. The summed E-state index contributed by atoms with van der Waals surface area (Å²) in [6.45, 7) is 2.07. The molecule has 1 atom stereocenters. The van der Waals surface area contributed by atoms with Gasteiger partial charge in [0.1, 0.15) is 4.99 Å². The first-order chi connectivity index (χ1) is 8.56. The molecule has 4 heteroatoms. The molecule has 0 saturated heterocycles. The van der Waals surface area contributed by atoms with E-state index in [1.54, 1.807) is 0 Å². The van der Waals surface area contributed by atoms with Crippen LogP contribution in [0, 0.1) is 5.92 Å². The van der Waals surface area contributed by atoms with Crippen LogP contribution in [0.4, 0.5) is 0 Å². The number of carbonyl (C=O) groups is 1. The van der Waals surface area contributed by atoms with Crippen molar-refractivity contribution < 1.29 is 4.79 Å². The molecule has 0 bridgehead atoms. The molecule has 0 aliphatic heterocycles. The SMILES string of the molecule is CC(NC(=O)Cc1ccc(C(N)=S)cc1)C1CC1. The molecular formula is C14H18N2OS. The van der Waals surface area contributed by atoms with Gasteiger partial charge in [0.05, 0.1) is 6.42 Å². The number of rotatable bonds is 5. The van der Waals surface area contributed by atoms with Crippen molar-refractivity contribution in [3.63, 3.8) is 0 Å². The number of nitrogens with one attached hydrogen (secondary N) is 1. The van der Waals surface area contributed by atoms with Crippen molar-refractivity contribution in [2.45, 2.75) is 32.2 Å². The van der Waals surface area contributed by atoms with Crippen molar-refractivity contribution in [1.82, 2.24) is 5.32 Å². The van der Waals surface area contributed by atoms with Gasteiger partial charge in [-0.05, 0) is 31.2 Å². The molecule has 1 unspecified atom stereocenters.